The molecule has 1 heterocycles. The maximum Gasteiger partial charge on any atom is 0.246 e. The minimum atomic E-state index is -3.67. The summed E-state index contributed by atoms with van der Waals surface area (Å²) in [4.78, 5) is -0.0258. The van der Waals surface area contributed by atoms with Crippen LogP contribution >= 0.6 is 39.1 Å². The van der Waals surface area contributed by atoms with Crippen molar-refractivity contribution >= 4 is 49.2 Å². The minimum absolute atomic E-state index is 0.0258. The third-order valence-corrected chi connectivity index (χ3v) is 6.46. The van der Waals surface area contributed by atoms with E-state index in [1.165, 1.54) is 16.4 Å². The fourth-order valence-electron chi connectivity index (χ4n) is 2.29. The lowest BCUT2D eigenvalue weighted by atomic mass is 10.1. The number of hydrogen-bond donors (Lipinski definition) is 0. The van der Waals surface area contributed by atoms with Gasteiger partial charge in [-0.25, -0.2) is 8.42 Å². The zero-order valence-corrected chi connectivity index (χ0v) is 14.7. The van der Waals surface area contributed by atoms with Crippen molar-refractivity contribution in [2.75, 3.05) is 26.8 Å². The Morgan fingerprint density at radius 1 is 1.40 bits per heavy atom. The summed E-state index contributed by atoms with van der Waals surface area (Å²) in [5.41, 5.74) is 0. The van der Waals surface area contributed by atoms with E-state index in [-0.39, 0.29) is 20.9 Å². The van der Waals surface area contributed by atoms with Gasteiger partial charge in [-0.1, -0.05) is 39.1 Å². The van der Waals surface area contributed by atoms with Gasteiger partial charge in [0.05, 0.1) is 16.7 Å². The number of nitrogens with zero attached hydrogens (tertiary/aromatic N) is 1. The van der Waals surface area contributed by atoms with Crippen molar-refractivity contribution in [1.82, 2.24) is 4.31 Å². The lowest BCUT2D eigenvalue weighted by molar-refractivity contribution is 0.157. The average molecular weight is 403 g/mol. The SMILES string of the molecule is COCC1CCN(S(=O)(=O)c2c(Cl)cc(Br)cc2Cl)C1. The second-order valence-corrected chi connectivity index (χ2v) is 8.28. The van der Waals surface area contributed by atoms with Crippen LogP contribution in [0.15, 0.2) is 21.5 Å². The lowest BCUT2D eigenvalue weighted by Crippen LogP contribution is -2.30. The van der Waals surface area contributed by atoms with Gasteiger partial charge in [0, 0.05) is 24.7 Å². The van der Waals surface area contributed by atoms with Crippen LogP contribution in [0.5, 0.6) is 0 Å². The highest BCUT2D eigenvalue weighted by Gasteiger charge is 2.35. The second-order valence-electron chi connectivity index (χ2n) is 4.67. The summed E-state index contributed by atoms with van der Waals surface area (Å²) < 4.78 is 32.4. The Balaban J connectivity index is 2.33. The van der Waals surface area contributed by atoms with Crippen LogP contribution < -0.4 is 0 Å². The molecule has 1 fully saturated rings. The van der Waals surface area contributed by atoms with Crippen molar-refractivity contribution in [3.63, 3.8) is 0 Å². The predicted molar refractivity (Wildman–Crippen MR) is 82.9 cm³/mol. The van der Waals surface area contributed by atoms with Crippen molar-refractivity contribution in [2.45, 2.75) is 11.3 Å². The van der Waals surface area contributed by atoms with E-state index in [4.69, 9.17) is 27.9 Å². The van der Waals surface area contributed by atoms with Gasteiger partial charge in [-0.3, -0.25) is 0 Å². The largest absolute Gasteiger partial charge is 0.384 e. The summed E-state index contributed by atoms with van der Waals surface area (Å²) in [7, 11) is -2.06. The van der Waals surface area contributed by atoms with E-state index < -0.39 is 10.0 Å². The second kappa shape index (κ2) is 6.50. The molecule has 1 saturated heterocycles. The summed E-state index contributed by atoms with van der Waals surface area (Å²) in [6.07, 6.45) is 0.777. The van der Waals surface area contributed by atoms with Crippen molar-refractivity contribution in [3.8, 4) is 0 Å². The molecule has 1 unspecified atom stereocenters. The molecule has 0 aliphatic carbocycles. The maximum absolute atomic E-state index is 12.6. The number of halogens is 3. The van der Waals surface area contributed by atoms with Gasteiger partial charge in [0.1, 0.15) is 4.90 Å². The van der Waals surface area contributed by atoms with Crippen LogP contribution in [0.3, 0.4) is 0 Å². The maximum atomic E-state index is 12.6. The van der Waals surface area contributed by atoms with Crippen LogP contribution in [0.2, 0.25) is 10.0 Å². The molecule has 1 aliphatic rings. The molecular weight excluding hydrogens is 389 g/mol. The van der Waals surface area contributed by atoms with Crippen LogP contribution in [0.25, 0.3) is 0 Å². The first-order valence-electron chi connectivity index (χ1n) is 6.00. The zero-order valence-electron chi connectivity index (χ0n) is 10.8. The van der Waals surface area contributed by atoms with Crippen LogP contribution in [-0.2, 0) is 14.8 Å². The highest BCUT2D eigenvalue weighted by atomic mass is 79.9. The van der Waals surface area contributed by atoms with Crippen molar-refractivity contribution < 1.29 is 13.2 Å². The molecule has 0 radical (unpaired) electrons. The van der Waals surface area contributed by atoms with Gasteiger partial charge in [-0.05, 0) is 24.5 Å². The summed E-state index contributed by atoms with van der Waals surface area (Å²) in [5, 5.41) is 0.249. The Labute approximate surface area is 137 Å². The number of methoxy groups -OCH3 is 1. The van der Waals surface area contributed by atoms with Gasteiger partial charge >= 0.3 is 0 Å². The summed E-state index contributed by atoms with van der Waals surface area (Å²) in [6.45, 7) is 1.44. The molecule has 4 nitrogen and oxygen atoms in total. The molecule has 8 heteroatoms. The van der Waals surface area contributed by atoms with Gasteiger partial charge in [0.25, 0.3) is 0 Å². The van der Waals surface area contributed by atoms with E-state index in [9.17, 15) is 8.42 Å². The molecule has 20 heavy (non-hydrogen) atoms. The van der Waals surface area contributed by atoms with Gasteiger partial charge in [-0.15, -0.1) is 0 Å². The van der Waals surface area contributed by atoms with Gasteiger partial charge in [0.15, 0.2) is 0 Å². The van der Waals surface area contributed by atoms with E-state index >= 15 is 0 Å². The van der Waals surface area contributed by atoms with Crippen LogP contribution in [0.4, 0.5) is 0 Å². The Kier molecular flexibility index (Phi) is 5.37. The van der Waals surface area contributed by atoms with Crippen molar-refractivity contribution in [3.05, 3.63) is 26.7 Å². The van der Waals surface area contributed by atoms with E-state index in [0.29, 0.717) is 24.2 Å². The molecule has 2 rings (SSSR count). The molecule has 1 aromatic carbocycles. The third-order valence-electron chi connectivity index (χ3n) is 3.21. The van der Waals surface area contributed by atoms with Crippen molar-refractivity contribution in [2.24, 2.45) is 5.92 Å². The monoisotopic (exact) mass is 401 g/mol. The molecule has 0 saturated carbocycles. The molecule has 0 amide bonds. The average Bonchev–Trinajstić information content (AvgIpc) is 2.76. The first-order chi connectivity index (χ1) is 9.36. The Hall–Kier alpha value is 0.150. The number of benzene rings is 1. The van der Waals surface area contributed by atoms with Gasteiger partial charge in [-0.2, -0.15) is 4.31 Å². The molecular formula is C12H14BrCl2NO3S. The summed E-state index contributed by atoms with van der Waals surface area (Å²) >= 11 is 15.3. The zero-order chi connectivity index (χ0) is 14.9. The van der Waals surface area contributed by atoms with E-state index in [1.807, 2.05) is 0 Å². The molecule has 0 aromatic heterocycles. The molecule has 1 atom stereocenters. The van der Waals surface area contributed by atoms with Crippen LogP contribution in [0, 0.1) is 5.92 Å². The molecule has 0 spiro atoms. The number of rotatable bonds is 4. The smallest absolute Gasteiger partial charge is 0.246 e. The van der Waals surface area contributed by atoms with E-state index in [0.717, 1.165) is 6.42 Å². The molecule has 112 valence electrons. The summed E-state index contributed by atoms with van der Waals surface area (Å²) in [5.74, 6) is 0.211. The highest BCUT2D eigenvalue weighted by Crippen LogP contribution is 2.36. The molecule has 0 N–H and O–H groups in total. The summed E-state index contributed by atoms with van der Waals surface area (Å²) in [6, 6.07) is 3.06. The topological polar surface area (TPSA) is 46.6 Å². The first-order valence-corrected chi connectivity index (χ1v) is 8.98. The van der Waals surface area contributed by atoms with Gasteiger partial charge < -0.3 is 4.74 Å². The first kappa shape index (κ1) is 16.5. The number of sulfonamides is 1. The minimum Gasteiger partial charge on any atom is -0.384 e. The lowest BCUT2D eigenvalue weighted by Gasteiger charge is -2.18. The predicted octanol–water partition coefficient (Wildman–Crippen LogP) is 3.41. The quantitative estimate of drug-likeness (QED) is 0.775. The Bertz CT molecular complexity index is 586. The molecule has 1 aromatic rings. The standard InChI is InChI=1S/C12H14BrCl2NO3S/c1-19-7-8-2-3-16(6-8)20(17,18)12-10(14)4-9(13)5-11(12)15/h4-5,8H,2-3,6-7H2,1H3. The molecule has 1 aliphatic heterocycles. The van der Waals surface area contributed by atoms with Crippen molar-refractivity contribution in [1.29, 1.82) is 0 Å². The fourth-order valence-corrected chi connectivity index (χ4v) is 5.71. The van der Waals surface area contributed by atoms with Crippen LogP contribution in [0.1, 0.15) is 6.42 Å². The van der Waals surface area contributed by atoms with Crippen LogP contribution in [-0.4, -0.2) is 39.5 Å². The van der Waals surface area contributed by atoms with E-state index in [2.05, 4.69) is 15.9 Å². The number of ether oxygens (including phenoxy) is 1. The third kappa shape index (κ3) is 3.31. The number of hydrogen-bond acceptors (Lipinski definition) is 3. The normalized spacial score (nSPS) is 20.5. The van der Waals surface area contributed by atoms with Gasteiger partial charge in [0.2, 0.25) is 10.0 Å². The Morgan fingerprint density at radius 2 is 2.00 bits per heavy atom. The highest BCUT2D eigenvalue weighted by molar-refractivity contribution is 9.10. The van der Waals surface area contributed by atoms with E-state index in [1.54, 1.807) is 7.11 Å². The Morgan fingerprint density at radius 3 is 2.55 bits per heavy atom. The molecule has 0 bridgehead atoms. The fraction of sp³-hybridized carbons (Fsp3) is 0.500.